The molecule has 0 nitrogen and oxygen atoms in total. The Bertz CT molecular complexity index is 3450. The van der Waals surface area contributed by atoms with Gasteiger partial charge in [0.15, 0.2) is 0 Å². The van der Waals surface area contributed by atoms with Gasteiger partial charge in [0.05, 0.1) is 0 Å². The summed E-state index contributed by atoms with van der Waals surface area (Å²) in [6, 6.07) is 73.4. The summed E-state index contributed by atoms with van der Waals surface area (Å²) in [5, 5.41) is 10.9. The number of rotatable bonds is 10. The molecular formula is C84H92Cl2Zr2-2. The molecule has 0 saturated carbocycles. The zero-order chi connectivity index (χ0) is 62.2. The topological polar surface area (TPSA) is 0 Å². The van der Waals surface area contributed by atoms with Gasteiger partial charge < -0.3 is 24.8 Å². The number of halogens is 2. The molecular weight excluding hydrogens is 1260 g/mol. The predicted octanol–water partition coefficient (Wildman–Crippen LogP) is 16.8. The van der Waals surface area contributed by atoms with Crippen molar-refractivity contribution in [2.45, 2.75) is 111 Å². The van der Waals surface area contributed by atoms with Crippen LogP contribution in [0.1, 0.15) is 128 Å². The first-order chi connectivity index (χ1) is 41.1. The standard InChI is InChI=1S/2C15H13.2C14H23.2C13H10.2ClH.2Zr/c2*1-10-3-5-14-12(7-10)9-13-8-11(2)4-6-15(13)14;2*1-9(2)12-7-13(10(3)4)14(8-12)11(5)6;2*1-3-7-12(8-4-1)11-13-9-5-2-6-10-13;;;;/h2*3-9H,1-2H3;2*7,9-12H,1-6H3;2*1-10H;2*1H;;/q4*-1;;;;;2*+2/p-2. The zero-order valence-corrected chi connectivity index (χ0v) is 61.6. The van der Waals surface area contributed by atoms with Crippen LogP contribution in [0.15, 0.2) is 241 Å². The van der Waals surface area contributed by atoms with Crippen molar-refractivity contribution in [3.05, 3.63) is 297 Å². The number of benzene rings is 8. The van der Waals surface area contributed by atoms with Crippen molar-refractivity contribution in [2.75, 3.05) is 0 Å². The summed E-state index contributed by atoms with van der Waals surface area (Å²) < 4.78 is 2.83. The van der Waals surface area contributed by atoms with Crippen molar-refractivity contribution in [2.24, 2.45) is 47.3 Å². The molecule has 4 heteroatoms. The molecule has 0 spiro atoms. The number of hydrogen-bond donors (Lipinski definition) is 0. The summed E-state index contributed by atoms with van der Waals surface area (Å²) in [4.78, 5) is 0. The van der Waals surface area contributed by atoms with Crippen molar-refractivity contribution in [3.63, 3.8) is 0 Å². The van der Waals surface area contributed by atoms with Crippen LogP contribution in [0, 0.1) is 87.2 Å². The molecule has 0 aromatic heterocycles. The van der Waals surface area contributed by atoms with E-state index in [0.717, 1.165) is 0 Å². The van der Waals surface area contributed by atoms with Gasteiger partial charge >= 0.3 is 198 Å². The Kier molecular flexibility index (Phi) is 29.3. The van der Waals surface area contributed by atoms with E-state index in [1.54, 1.807) is 0 Å². The van der Waals surface area contributed by atoms with E-state index >= 15 is 0 Å². The van der Waals surface area contributed by atoms with Gasteiger partial charge in [-0.3, -0.25) is 12.2 Å². The SMILES string of the molecule is CC(C)C1=[C-]C(C(C)C)C=C1C(C)C.CC(C)C1=[C-]C(C(C)C)C=C1C(C)C.Cc1ccc2c(c1)[cH-]c1cc(C)ccc12.Cc1ccc2c(c1)[cH-]c1cc(C)ccc12.[Cl-].[Cl-].[Zr+2]=[C](c1ccccc1)c1ccccc1.[Zr+2]=[C](c1ccccc1)c1ccccc1. The Balaban J connectivity index is 0.000000192. The molecule has 2 aliphatic rings. The molecule has 0 heterocycles. The molecule has 2 aliphatic carbocycles. The van der Waals surface area contributed by atoms with Crippen LogP contribution in [0.25, 0.3) is 43.1 Å². The number of allylic oxidation sites excluding steroid dienone is 8. The molecule has 0 radical (unpaired) electrons. The predicted molar refractivity (Wildman–Crippen MR) is 371 cm³/mol. The Morgan fingerprint density at radius 3 is 0.739 bits per heavy atom. The first-order valence-electron chi connectivity index (χ1n) is 31.3. The molecule has 0 amide bonds. The van der Waals surface area contributed by atoms with Crippen LogP contribution in [-0.4, -0.2) is 6.41 Å². The molecule has 0 bridgehead atoms. The molecule has 2 unspecified atom stereocenters. The summed E-state index contributed by atoms with van der Waals surface area (Å²) in [5.41, 5.74) is 16.6. The van der Waals surface area contributed by atoms with E-state index < -0.39 is 0 Å². The third-order valence-corrected chi connectivity index (χ3v) is 18.9. The average Bonchev–Trinajstić information content (AvgIpc) is 2.56. The summed E-state index contributed by atoms with van der Waals surface area (Å²) in [6.45, 7) is 35.8. The van der Waals surface area contributed by atoms with Crippen LogP contribution < -0.4 is 24.8 Å². The second-order valence-corrected chi connectivity index (χ2v) is 27.8. The summed E-state index contributed by atoms with van der Waals surface area (Å²) in [5.74, 6) is 4.97. The normalized spacial score (nSPS) is 14.1. The van der Waals surface area contributed by atoms with E-state index in [1.165, 1.54) is 165 Å². The van der Waals surface area contributed by atoms with Crippen molar-refractivity contribution in [1.29, 1.82) is 0 Å². The van der Waals surface area contributed by atoms with Gasteiger partial charge in [-0.2, -0.15) is 23.3 Å². The van der Waals surface area contributed by atoms with Crippen LogP contribution in [0.4, 0.5) is 0 Å². The Labute approximate surface area is 573 Å². The fraction of sp³-hybridized carbons (Fsp3) is 0.286. The van der Waals surface area contributed by atoms with Crippen molar-refractivity contribution >= 4 is 49.5 Å². The first kappa shape index (κ1) is 73.3. The number of aryl methyl sites for hydroxylation is 4. The molecule has 2 atom stereocenters. The minimum absolute atomic E-state index is 0. The Hall–Kier alpha value is -5.45. The van der Waals surface area contributed by atoms with Gasteiger partial charge in [0.1, 0.15) is 0 Å². The van der Waals surface area contributed by atoms with E-state index in [9.17, 15) is 0 Å². The third kappa shape index (κ3) is 20.3. The fourth-order valence-corrected chi connectivity index (χ4v) is 12.8. The van der Waals surface area contributed by atoms with Gasteiger partial charge in [-0.25, -0.2) is 11.1 Å². The van der Waals surface area contributed by atoms with E-state index in [2.05, 4.69) is 341 Å². The molecule has 0 aliphatic heterocycles. The molecule has 0 fully saturated rings. The zero-order valence-electron chi connectivity index (χ0n) is 55.2. The van der Waals surface area contributed by atoms with Gasteiger partial charge in [-0.05, 0) is 27.7 Å². The van der Waals surface area contributed by atoms with E-state index in [1.807, 2.05) is 0 Å². The second kappa shape index (κ2) is 35.2. The van der Waals surface area contributed by atoms with Gasteiger partial charge in [0.25, 0.3) is 0 Å². The Morgan fingerprint density at radius 2 is 0.557 bits per heavy atom. The second-order valence-electron chi connectivity index (χ2n) is 25.4. The molecule has 0 N–H and O–H groups in total. The molecule has 10 aromatic rings. The molecule has 0 saturated heterocycles. The van der Waals surface area contributed by atoms with Crippen LogP contribution in [0.5, 0.6) is 0 Å². The van der Waals surface area contributed by atoms with Crippen molar-refractivity contribution in [1.82, 2.24) is 0 Å². The Morgan fingerprint density at radius 1 is 0.330 bits per heavy atom. The molecule has 10 aromatic carbocycles. The third-order valence-electron chi connectivity index (χ3n) is 16.1. The summed E-state index contributed by atoms with van der Waals surface area (Å²) in [6.07, 6.45) is 12.1. The van der Waals surface area contributed by atoms with Crippen LogP contribution >= 0.6 is 0 Å². The van der Waals surface area contributed by atoms with E-state index in [4.69, 9.17) is 0 Å². The molecule has 12 rings (SSSR count). The average molecular weight is 1360 g/mol. The fourth-order valence-electron chi connectivity index (χ4n) is 11.2. The molecule has 452 valence electrons. The van der Waals surface area contributed by atoms with Crippen molar-refractivity contribution in [3.8, 4) is 0 Å². The van der Waals surface area contributed by atoms with Gasteiger partial charge in [0, 0.05) is 0 Å². The molecule has 88 heavy (non-hydrogen) atoms. The van der Waals surface area contributed by atoms with E-state index in [-0.39, 0.29) is 24.8 Å². The number of hydrogen-bond acceptors (Lipinski definition) is 0. The van der Waals surface area contributed by atoms with Crippen LogP contribution in [0.2, 0.25) is 0 Å². The van der Waals surface area contributed by atoms with Gasteiger partial charge in [-0.15, -0.1) is 79.5 Å². The minimum atomic E-state index is 0. The quantitative estimate of drug-likeness (QED) is 0.120. The van der Waals surface area contributed by atoms with Crippen LogP contribution in [0.3, 0.4) is 0 Å². The van der Waals surface area contributed by atoms with E-state index in [0.29, 0.717) is 47.3 Å². The summed E-state index contributed by atoms with van der Waals surface area (Å²) >= 11 is 2.92. The summed E-state index contributed by atoms with van der Waals surface area (Å²) in [7, 11) is 0. The maximum absolute atomic E-state index is 3.65. The maximum atomic E-state index is 3.65. The van der Waals surface area contributed by atoms with Crippen LogP contribution in [-0.2, 0) is 48.5 Å². The van der Waals surface area contributed by atoms with Crippen molar-refractivity contribution < 1.29 is 73.3 Å². The van der Waals surface area contributed by atoms with Gasteiger partial charge in [-0.1, -0.05) is 201 Å². The van der Waals surface area contributed by atoms with Gasteiger partial charge in [0.2, 0.25) is 0 Å². The monoisotopic (exact) mass is 1350 g/mol. The number of fused-ring (bicyclic) bond motifs is 6. The first-order valence-corrected chi connectivity index (χ1v) is 33.8.